The number of rotatable bonds is 0. The van der Waals surface area contributed by atoms with Gasteiger partial charge in [-0.3, -0.25) is 0 Å². The Morgan fingerprint density at radius 3 is 2.55 bits per heavy atom. The molecular weight excluding hydrogens is 136 g/mol. The molecule has 0 aromatic heterocycles. The number of hydrogen-bond acceptors (Lipinski definition) is 1. The Hall–Kier alpha value is -0.560. The van der Waals surface area contributed by atoms with Crippen molar-refractivity contribution >= 4 is 0 Å². The van der Waals surface area contributed by atoms with Gasteiger partial charge in [-0.1, -0.05) is 17.7 Å². The van der Waals surface area contributed by atoms with Gasteiger partial charge in [-0.05, 0) is 33.1 Å². The van der Waals surface area contributed by atoms with Crippen LogP contribution in [-0.2, 0) is 0 Å². The Labute approximate surface area is 69.4 Å². The molecule has 1 aliphatic rings. The van der Waals surface area contributed by atoms with E-state index >= 15 is 0 Å². The smallest absolute Gasteiger partial charge is 0.0723 e. The first kappa shape index (κ1) is 10.4. The van der Waals surface area contributed by atoms with E-state index in [1.807, 2.05) is 13.0 Å². The Bertz CT molecular complexity index is 136. The molecule has 1 nitrogen and oxygen atoms in total. The minimum absolute atomic E-state index is 0.149. The van der Waals surface area contributed by atoms with Crippen molar-refractivity contribution in [3.8, 4) is 0 Å². The molecule has 0 bridgehead atoms. The van der Waals surface area contributed by atoms with Crippen LogP contribution in [0.25, 0.3) is 0 Å². The monoisotopic (exact) mass is 154 g/mol. The molecule has 0 saturated carbocycles. The predicted molar refractivity (Wildman–Crippen MR) is 49.5 cm³/mol. The molecule has 11 heavy (non-hydrogen) atoms. The van der Waals surface area contributed by atoms with Crippen molar-refractivity contribution in [2.24, 2.45) is 0 Å². The molecule has 0 fully saturated rings. The summed E-state index contributed by atoms with van der Waals surface area (Å²) < 4.78 is 0. The van der Waals surface area contributed by atoms with Crippen LogP contribution < -0.4 is 0 Å². The Balaban J connectivity index is 0.000000292. The van der Waals surface area contributed by atoms with Crippen LogP contribution in [0.1, 0.15) is 33.1 Å². The number of allylic oxidation sites excluding steroid dienone is 2. The van der Waals surface area contributed by atoms with Crippen LogP contribution in [0.5, 0.6) is 0 Å². The zero-order chi connectivity index (χ0) is 8.69. The average Bonchev–Trinajstić information content (AvgIpc) is 1.88. The van der Waals surface area contributed by atoms with Gasteiger partial charge in [0.1, 0.15) is 0 Å². The van der Waals surface area contributed by atoms with E-state index in [0.29, 0.717) is 0 Å². The minimum atomic E-state index is -0.149. The van der Waals surface area contributed by atoms with E-state index in [-0.39, 0.29) is 6.10 Å². The van der Waals surface area contributed by atoms with Gasteiger partial charge in [-0.15, -0.1) is 6.58 Å². The predicted octanol–water partition coefficient (Wildman–Crippen LogP) is 2.67. The van der Waals surface area contributed by atoms with Gasteiger partial charge in [0.05, 0.1) is 6.10 Å². The maximum atomic E-state index is 9.00. The summed E-state index contributed by atoms with van der Waals surface area (Å²) >= 11 is 0. The van der Waals surface area contributed by atoms with E-state index in [0.717, 1.165) is 12.8 Å². The van der Waals surface area contributed by atoms with E-state index in [1.54, 1.807) is 6.08 Å². The lowest BCUT2D eigenvalue weighted by molar-refractivity contribution is 0.202. The van der Waals surface area contributed by atoms with Crippen molar-refractivity contribution in [2.75, 3.05) is 0 Å². The van der Waals surface area contributed by atoms with Gasteiger partial charge in [-0.2, -0.15) is 0 Å². The van der Waals surface area contributed by atoms with E-state index in [1.165, 1.54) is 12.0 Å². The lowest BCUT2D eigenvalue weighted by atomic mass is 9.99. The fourth-order valence-corrected chi connectivity index (χ4v) is 1.09. The third kappa shape index (κ3) is 5.86. The maximum Gasteiger partial charge on any atom is 0.0723 e. The van der Waals surface area contributed by atoms with Crippen molar-refractivity contribution in [3.05, 3.63) is 24.3 Å². The van der Waals surface area contributed by atoms with E-state index in [9.17, 15) is 0 Å². The summed E-state index contributed by atoms with van der Waals surface area (Å²) in [6, 6.07) is 0. The van der Waals surface area contributed by atoms with Crippen LogP contribution in [0.4, 0.5) is 0 Å². The maximum absolute atomic E-state index is 9.00. The van der Waals surface area contributed by atoms with Crippen LogP contribution in [0, 0.1) is 0 Å². The number of aliphatic hydroxyl groups excluding tert-OH is 1. The first-order chi connectivity index (χ1) is 5.20. The summed E-state index contributed by atoms with van der Waals surface area (Å²) in [5.74, 6) is 0. The third-order valence-electron chi connectivity index (χ3n) is 1.55. The third-order valence-corrected chi connectivity index (χ3v) is 1.55. The van der Waals surface area contributed by atoms with Gasteiger partial charge in [0.25, 0.3) is 0 Å². The van der Waals surface area contributed by atoms with Crippen LogP contribution in [0.2, 0.25) is 0 Å². The highest BCUT2D eigenvalue weighted by molar-refractivity contribution is 5.04. The van der Waals surface area contributed by atoms with Gasteiger partial charge in [0, 0.05) is 0 Å². The van der Waals surface area contributed by atoms with Crippen molar-refractivity contribution in [1.29, 1.82) is 0 Å². The second-order valence-corrected chi connectivity index (χ2v) is 2.88. The van der Waals surface area contributed by atoms with Gasteiger partial charge in [-0.25, -0.2) is 0 Å². The molecule has 0 saturated heterocycles. The molecule has 1 heteroatoms. The SMILES string of the molecule is C=CC.CC1=CC(O)CCC1. The Morgan fingerprint density at radius 2 is 2.27 bits per heavy atom. The Kier molecular flexibility index (Phi) is 5.86. The molecule has 0 aliphatic heterocycles. The zero-order valence-electron chi connectivity index (χ0n) is 7.51. The van der Waals surface area contributed by atoms with Crippen LogP contribution >= 0.6 is 0 Å². The normalized spacial score (nSPS) is 22.8. The molecule has 64 valence electrons. The van der Waals surface area contributed by atoms with Crippen molar-refractivity contribution < 1.29 is 5.11 Å². The summed E-state index contributed by atoms with van der Waals surface area (Å²) in [7, 11) is 0. The van der Waals surface area contributed by atoms with Crippen molar-refractivity contribution in [1.82, 2.24) is 0 Å². The average molecular weight is 154 g/mol. The fourth-order valence-electron chi connectivity index (χ4n) is 1.09. The van der Waals surface area contributed by atoms with Crippen molar-refractivity contribution in [2.45, 2.75) is 39.2 Å². The molecule has 1 N–H and O–H groups in total. The second-order valence-electron chi connectivity index (χ2n) is 2.88. The summed E-state index contributed by atoms with van der Waals surface area (Å²) in [6.45, 7) is 7.32. The first-order valence-electron chi connectivity index (χ1n) is 4.13. The van der Waals surface area contributed by atoms with Crippen LogP contribution in [-0.4, -0.2) is 11.2 Å². The minimum Gasteiger partial charge on any atom is -0.389 e. The second kappa shape index (κ2) is 6.17. The van der Waals surface area contributed by atoms with E-state index in [4.69, 9.17) is 5.11 Å². The summed E-state index contributed by atoms with van der Waals surface area (Å²) in [4.78, 5) is 0. The van der Waals surface area contributed by atoms with E-state index in [2.05, 4.69) is 13.5 Å². The van der Waals surface area contributed by atoms with Gasteiger partial charge >= 0.3 is 0 Å². The summed E-state index contributed by atoms with van der Waals surface area (Å²) in [6.07, 6.45) is 6.84. The summed E-state index contributed by atoms with van der Waals surface area (Å²) in [5, 5.41) is 9.00. The highest BCUT2D eigenvalue weighted by Crippen LogP contribution is 2.16. The van der Waals surface area contributed by atoms with Gasteiger partial charge in [0.15, 0.2) is 0 Å². The summed E-state index contributed by atoms with van der Waals surface area (Å²) in [5.41, 5.74) is 1.34. The largest absolute Gasteiger partial charge is 0.389 e. The number of aliphatic hydroxyl groups is 1. The molecule has 1 atom stereocenters. The molecule has 0 amide bonds. The molecule has 0 spiro atoms. The Morgan fingerprint density at radius 1 is 1.73 bits per heavy atom. The molecule has 0 aromatic carbocycles. The lowest BCUT2D eigenvalue weighted by Crippen LogP contribution is -2.07. The molecule has 1 unspecified atom stereocenters. The standard InChI is InChI=1S/C7H12O.C3H6/c1-6-3-2-4-7(8)5-6;1-3-2/h5,7-8H,2-4H2,1H3;3H,1H2,2H3. The number of hydrogen-bond donors (Lipinski definition) is 1. The molecule has 1 aliphatic carbocycles. The van der Waals surface area contributed by atoms with Crippen LogP contribution in [0.3, 0.4) is 0 Å². The fraction of sp³-hybridized carbons (Fsp3) is 0.600. The quantitative estimate of drug-likeness (QED) is 0.532. The molecule has 1 rings (SSSR count). The van der Waals surface area contributed by atoms with Gasteiger partial charge < -0.3 is 5.11 Å². The van der Waals surface area contributed by atoms with Crippen molar-refractivity contribution in [3.63, 3.8) is 0 Å². The molecule has 0 heterocycles. The van der Waals surface area contributed by atoms with Crippen LogP contribution in [0.15, 0.2) is 24.3 Å². The lowest BCUT2D eigenvalue weighted by Gasteiger charge is -2.12. The molecular formula is C10H18O. The molecule has 0 radical (unpaired) electrons. The van der Waals surface area contributed by atoms with E-state index < -0.39 is 0 Å². The topological polar surface area (TPSA) is 20.2 Å². The molecule has 0 aromatic rings. The first-order valence-corrected chi connectivity index (χ1v) is 4.13. The van der Waals surface area contributed by atoms with Gasteiger partial charge in [0.2, 0.25) is 0 Å². The highest BCUT2D eigenvalue weighted by atomic mass is 16.3. The highest BCUT2D eigenvalue weighted by Gasteiger charge is 2.05. The zero-order valence-corrected chi connectivity index (χ0v) is 7.51.